The highest BCUT2D eigenvalue weighted by Gasteiger charge is 2.16. The first-order valence-corrected chi connectivity index (χ1v) is 7.16. The molecular formula is C14H24N4O. The molecule has 1 unspecified atom stereocenters. The summed E-state index contributed by atoms with van der Waals surface area (Å²) in [4.78, 5) is 10.9. The molecule has 1 aromatic rings. The fourth-order valence-corrected chi connectivity index (χ4v) is 2.55. The topological polar surface area (TPSA) is 50.3 Å². The van der Waals surface area contributed by atoms with Crippen LogP contribution in [-0.2, 0) is 0 Å². The largest absolute Gasteiger partial charge is 0.478 e. The molecule has 1 aromatic heterocycles. The standard InChI is InChI=1S/C14H24N4O/c1-3-19-13-7-9-16-14(17-13)15-8-6-12-5-4-10-18(2)11-12/h7,9,12H,3-6,8,10-11H2,1-2H3,(H,15,16,17). The van der Waals surface area contributed by atoms with E-state index >= 15 is 0 Å². The highest BCUT2D eigenvalue weighted by Crippen LogP contribution is 2.18. The molecule has 1 aliphatic rings. The van der Waals surface area contributed by atoms with Crippen LogP contribution in [0.1, 0.15) is 26.2 Å². The zero-order chi connectivity index (χ0) is 13.5. The van der Waals surface area contributed by atoms with E-state index in [0.29, 0.717) is 18.4 Å². The van der Waals surface area contributed by atoms with Gasteiger partial charge in [0.25, 0.3) is 0 Å². The molecule has 0 saturated carbocycles. The number of likely N-dealkylation sites (tertiary alicyclic amines) is 1. The second-order valence-corrected chi connectivity index (χ2v) is 5.14. The van der Waals surface area contributed by atoms with Gasteiger partial charge < -0.3 is 15.0 Å². The third-order valence-corrected chi connectivity index (χ3v) is 3.48. The van der Waals surface area contributed by atoms with E-state index in [1.54, 1.807) is 12.3 Å². The van der Waals surface area contributed by atoms with Crippen molar-refractivity contribution in [2.24, 2.45) is 5.92 Å². The molecule has 0 aromatic carbocycles. The molecule has 0 amide bonds. The predicted molar refractivity (Wildman–Crippen MR) is 76.5 cm³/mol. The third-order valence-electron chi connectivity index (χ3n) is 3.48. The highest BCUT2D eigenvalue weighted by atomic mass is 16.5. The van der Waals surface area contributed by atoms with Crippen LogP contribution in [0.4, 0.5) is 5.95 Å². The number of hydrogen-bond acceptors (Lipinski definition) is 5. The second-order valence-electron chi connectivity index (χ2n) is 5.14. The third kappa shape index (κ3) is 4.67. The minimum atomic E-state index is 0.630. The summed E-state index contributed by atoms with van der Waals surface area (Å²) in [5.41, 5.74) is 0. The van der Waals surface area contributed by atoms with E-state index in [-0.39, 0.29) is 0 Å². The van der Waals surface area contributed by atoms with Crippen LogP contribution in [0, 0.1) is 5.92 Å². The lowest BCUT2D eigenvalue weighted by Crippen LogP contribution is -2.32. The van der Waals surface area contributed by atoms with Crippen molar-refractivity contribution in [1.82, 2.24) is 14.9 Å². The zero-order valence-electron chi connectivity index (χ0n) is 11.9. The van der Waals surface area contributed by atoms with Crippen molar-refractivity contribution in [3.63, 3.8) is 0 Å². The van der Waals surface area contributed by atoms with Gasteiger partial charge in [-0.15, -0.1) is 0 Å². The number of nitrogens with zero attached hydrogens (tertiary/aromatic N) is 3. The maximum atomic E-state index is 5.36. The average molecular weight is 264 g/mol. The Hall–Kier alpha value is -1.36. The van der Waals surface area contributed by atoms with Crippen LogP contribution >= 0.6 is 0 Å². The van der Waals surface area contributed by atoms with Crippen LogP contribution in [-0.4, -0.2) is 48.2 Å². The van der Waals surface area contributed by atoms with Gasteiger partial charge in [0.05, 0.1) is 6.61 Å². The Kier molecular flexibility index (Phi) is 5.39. The molecule has 5 heteroatoms. The normalized spacial score (nSPS) is 20.2. The maximum absolute atomic E-state index is 5.36. The van der Waals surface area contributed by atoms with E-state index in [1.807, 2.05) is 6.92 Å². The Balaban J connectivity index is 1.74. The molecule has 0 radical (unpaired) electrons. The first-order valence-electron chi connectivity index (χ1n) is 7.16. The van der Waals surface area contributed by atoms with Crippen LogP contribution in [0.3, 0.4) is 0 Å². The second kappa shape index (κ2) is 7.28. The monoisotopic (exact) mass is 264 g/mol. The van der Waals surface area contributed by atoms with Crippen LogP contribution in [0.2, 0.25) is 0 Å². The molecule has 2 heterocycles. The lowest BCUT2D eigenvalue weighted by Gasteiger charge is -2.29. The van der Waals surface area contributed by atoms with Crippen LogP contribution < -0.4 is 10.1 Å². The Bertz CT molecular complexity index is 385. The van der Waals surface area contributed by atoms with Gasteiger partial charge in [0.2, 0.25) is 11.8 Å². The minimum Gasteiger partial charge on any atom is -0.478 e. The maximum Gasteiger partial charge on any atom is 0.225 e. The fraction of sp³-hybridized carbons (Fsp3) is 0.714. The molecule has 106 valence electrons. The van der Waals surface area contributed by atoms with Gasteiger partial charge in [0.15, 0.2) is 0 Å². The lowest BCUT2D eigenvalue weighted by molar-refractivity contribution is 0.205. The van der Waals surface area contributed by atoms with Crippen molar-refractivity contribution < 1.29 is 4.74 Å². The Morgan fingerprint density at radius 1 is 1.53 bits per heavy atom. The summed E-state index contributed by atoms with van der Waals surface area (Å²) in [5, 5.41) is 3.28. The fourth-order valence-electron chi connectivity index (χ4n) is 2.55. The minimum absolute atomic E-state index is 0.630. The lowest BCUT2D eigenvalue weighted by atomic mass is 9.95. The summed E-state index contributed by atoms with van der Waals surface area (Å²) in [6.07, 6.45) is 5.56. The molecule has 0 spiro atoms. The van der Waals surface area contributed by atoms with Gasteiger partial charge in [-0.3, -0.25) is 0 Å². The van der Waals surface area contributed by atoms with Crippen LogP contribution in [0.5, 0.6) is 5.88 Å². The van der Waals surface area contributed by atoms with E-state index < -0.39 is 0 Å². The number of ether oxygens (including phenoxy) is 1. The van der Waals surface area contributed by atoms with Crippen molar-refractivity contribution in [3.8, 4) is 5.88 Å². The van der Waals surface area contributed by atoms with E-state index in [2.05, 4.69) is 27.2 Å². The summed E-state index contributed by atoms with van der Waals surface area (Å²) in [7, 11) is 2.20. The van der Waals surface area contributed by atoms with Crippen LogP contribution in [0.25, 0.3) is 0 Å². The summed E-state index contributed by atoms with van der Waals surface area (Å²) >= 11 is 0. The summed E-state index contributed by atoms with van der Waals surface area (Å²) in [6, 6.07) is 1.78. The molecule has 1 aliphatic heterocycles. The van der Waals surface area contributed by atoms with E-state index in [4.69, 9.17) is 4.74 Å². The molecule has 5 nitrogen and oxygen atoms in total. The molecule has 1 fully saturated rings. The van der Waals surface area contributed by atoms with E-state index in [0.717, 1.165) is 12.5 Å². The Morgan fingerprint density at radius 2 is 2.42 bits per heavy atom. The van der Waals surface area contributed by atoms with E-state index in [1.165, 1.54) is 32.4 Å². The molecule has 1 N–H and O–H groups in total. The number of nitrogens with one attached hydrogen (secondary N) is 1. The quantitative estimate of drug-likeness (QED) is 0.852. The molecule has 0 aliphatic carbocycles. The molecule has 19 heavy (non-hydrogen) atoms. The summed E-state index contributed by atoms with van der Waals surface area (Å²) < 4.78 is 5.36. The number of anilines is 1. The van der Waals surface area contributed by atoms with Gasteiger partial charge in [-0.25, -0.2) is 4.98 Å². The number of rotatable bonds is 6. The summed E-state index contributed by atoms with van der Waals surface area (Å²) in [6.45, 7) is 5.96. The molecule has 1 atom stereocenters. The van der Waals surface area contributed by atoms with Crippen molar-refractivity contribution in [2.45, 2.75) is 26.2 Å². The Labute approximate surface area is 115 Å². The zero-order valence-corrected chi connectivity index (χ0v) is 11.9. The number of aromatic nitrogens is 2. The van der Waals surface area contributed by atoms with E-state index in [9.17, 15) is 0 Å². The van der Waals surface area contributed by atoms with Gasteiger partial charge in [-0.1, -0.05) is 0 Å². The first kappa shape index (κ1) is 14.1. The van der Waals surface area contributed by atoms with Gasteiger partial charge in [-0.2, -0.15) is 4.98 Å². The van der Waals surface area contributed by atoms with Gasteiger partial charge in [0, 0.05) is 25.4 Å². The molecule has 2 rings (SSSR count). The molecule has 0 bridgehead atoms. The highest BCUT2D eigenvalue weighted by molar-refractivity contribution is 5.27. The van der Waals surface area contributed by atoms with Crippen molar-refractivity contribution >= 4 is 5.95 Å². The summed E-state index contributed by atoms with van der Waals surface area (Å²) in [5.74, 6) is 2.09. The SMILES string of the molecule is CCOc1ccnc(NCCC2CCCN(C)C2)n1. The number of piperidine rings is 1. The first-order chi connectivity index (χ1) is 9.28. The molecule has 1 saturated heterocycles. The molecular weight excluding hydrogens is 240 g/mol. The van der Waals surface area contributed by atoms with Crippen LogP contribution in [0.15, 0.2) is 12.3 Å². The van der Waals surface area contributed by atoms with Gasteiger partial charge >= 0.3 is 0 Å². The number of hydrogen-bond donors (Lipinski definition) is 1. The Morgan fingerprint density at radius 3 is 3.21 bits per heavy atom. The average Bonchev–Trinajstić information content (AvgIpc) is 2.40. The van der Waals surface area contributed by atoms with Crippen molar-refractivity contribution in [3.05, 3.63) is 12.3 Å². The van der Waals surface area contributed by atoms with Crippen molar-refractivity contribution in [2.75, 3.05) is 38.6 Å². The van der Waals surface area contributed by atoms with Gasteiger partial charge in [0.1, 0.15) is 0 Å². The predicted octanol–water partition coefficient (Wildman–Crippen LogP) is 2.02. The van der Waals surface area contributed by atoms with Crippen molar-refractivity contribution in [1.29, 1.82) is 0 Å². The smallest absolute Gasteiger partial charge is 0.225 e. The van der Waals surface area contributed by atoms with Gasteiger partial charge in [-0.05, 0) is 45.7 Å².